The molecule has 0 bridgehead atoms. The van der Waals surface area contributed by atoms with Gasteiger partial charge in [-0.3, -0.25) is 4.72 Å². The largest absolute Gasteiger partial charge is 0.279 e. The van der Waals surface area contributed by atoms with Gasteiger partial charge in [-0.25, -0.2) is 12.8 Å². The van der Waals surface area contributed by atoms with Gasteiger partial charge in [-0.15, -0.1) is 0 Å². The Morgan fingerprint density at radius 2 is 1.71 bits per heavy atom. The molecule has 3 nitrogen and oxygen atoms in total. The third-order valence-corrected chi connectivity index (χ3v) is 6.15. The first-order valence-electron chi connectivity index (χ1n) is 5.64. The van der Waals surface area contributed by atoms with Crippen LogP contribution in [0.25, 0.3) is 0 Å². The Morgan fingerprint density at radius 1 is 1.05 bits per heavy atom. The number of aryl methyl sites for hydroxylation is 1. The Morgan fingerprint density at radius 3 is 2.38 bits per heavy atom. The zero-order chi connectivity index (χ0) is 15.8. The van der Waals surface area contributed by atoms with Crippen LogP contribution in [-0.4, -0.2) is 8.42 Å². The molecule has 0 aliphatic heterocycles. The van der Waals surface area contributed by atoms with Crippen LogP contribution >= 0.6 is 47.8 Å². The van der Waals surface area contributed by atoms with Crippen molar-refractivity contribution < 1.29 is 12.8 Å². The molecule has 21 heavy (non-hydrogen) atoms. The van der Waals surface area contributed by atoms with Gasteiger partial charge in [0.2, 0.25) is 0 Å². The van der Waals surface area contributed by atoms with E-state index in [0.717, 1.165) is 0 Å². The summed E-state index contributed by atoms with van der Waals surface area (Å²) in [5.41, 5.74) is 0.806. The van der Waals surface area contributed by atoms with Crippen LogP contribution in [0.2, 0.25) is 0 Å². The fraction of sp³-hybridized carbons (Fsp3) is 0.0769. The maximum atomic E-state index is 13.4. The Balaban J connectivity index is 2.47. The highest BCUT2D eigenvalue weighted by Crippen LogP contribution is 2.30. The van der Waals surface area contributed by atoms with Gasteiger partial charge in [0.25, 0.3) is 10.0 Å². The fourth-order valence-corrected chi connectivity index (χ4v) is 4.61. The summed E-state index contributed by atoms with van der Waals surface area (Å²) >= 11 is 9.50. The van der Waals surface area contributed by atoms with Crippen molar-refractivity contribution in [2.75, 3.05) is 4.72 Å². The molecule has 2 aromatic carbocycles. The van der Waals surface area contributed by atoms with Crippen LogP contribution < -0.4 is 4.72 Å². The summed E-state index contributed by atoms with van der Waals surface area (Å²) in [6.45, 7) is 1.63. The molecule has 0 aliphatic rings. The molecule has 1 N–H and O–H groups in total. The molecule has 0 saturated carbocycles. The van der Waals surface area contributed by atoms with Crippen LogP contribution in [-0.2, 0) is 10.0 Å². The van der Waals surface area contributed by atoms with Crippen LogP contribution in [0.1, 0.15) is 5.56 Å². The molecule has 0 heterocycles. The van der Waals surface area contributed by atoms with Gasteiger partial charge in [-0.05, 0) is 74.7 Å². The number of hydrogen-bond acceptors (Lipinski definition) is 2. The molecule has 0 atom stereocenters. The number of anilines is 1. The van der Waals surface area contributed by atoms with E-state index < -0.39 is 15.8 Å². The molecule has 0 spiro atoms. The molecule has 0 saturated heterocycles. The zero-order valence-corrected chi connectivity index (χ0v) is 16.2. The molecule has 0 fully saturated rings. The van der Waals surface area contributed by atoms with E-state index in [-0.39, 0.29) is 9.37 Å². The summed E-state index contributed by atoms with van der Waals surface area (Å²) in [5.74, 6) is -0.445. The Bertz CT molecular complexity index is 809. The van der Waals surface area contributed by atoms with E-state index in [2.05, 4.69) is 52.5 Å². The molecule has 2 rings (SSSR count). The number of rotatable bonds is 3. The lowest BCUT2D eigenvalue weighted by atomic mass is 10.2. The quantitative estimate of drug-likeness (QED) is 0.626. The highest BCUT2D eigenvalue weighted by atomic mass is 79.9. The number of sulfonamides is 1. The first-order chi connectivity index (χ1) is 9.70. The second-order valence-corrected chi connectivity index (χ2v) is 8.54. The summed E-state index contributed by atoms with van der Waals surface area (Å²) < 4.78 is 42.0. The minimum absolute atomic E-state index is 0.0942. The standard InChI is InChI=1S/C13H9Br3FNO2S/c1-7-4-11(17)10(16)6-12(7)18-21(19,20)13-5-8(14)2-3-9(13)15/h2-6,18H,1H3. The molecule has 0 aliphatic carbocycles. The van der Waals surface area contributed by atoms with Gasteiger partial charge in [-0.2, -0.15) is 0 Å². The maximum absolute atomic E-state index is 13.4. The molecule has 0 aromatic heterocycles. The van der Waals surface area contributed by atoms with Crippen LogP contribution in [0.5, 0.6) is 0 Å². The summed E-state index contributed by atoms with van der Waals surface area (Å²) in [6.07, 6.45) is 0. The van der Waals surface area contributed by atoms with Crippen molar-refractivity contribution in [2.45, 2.75) is 11.8 Å². The SMILES string of the molecule is Cc1cc(F)c(Br)cc1NS(=O)(=O)c1cc(Br)ccc1Br. The van der Waals surface area contributed by atoms with E-state index in [1.807, 2.05) is 0 Å². The number of hydrogen-bond donors (Lipinski definition) is 1. The first-order valence-corrected chi connectivity index (χ1v) is 9.50. The Kier molecular flexibility index (Phi) is 5.12. The lowest BCUT2D eigenvalue weighted by Gasteiger charge is -2.13. The van der Waals surface area contributed by atoms with Gasteiger partial charge < -0.3 is 0 Å². The summed E-state index contributed by atoms with van der Waals surface area (Å²) in [6, 6.07) is 7.50. The number of nitrogens with one attached hydrogen (secondary N) is 1. The third kappa shape index (κ3) is 3.85. The van der Waals surface area contributed by atoms with Crippen LogP contribution in [0.3, 0.4) is 0 Å². The summed E-state index contributed by atoms with van der Waals surface area (Å²) in [5, 5.41) is 0. The minimum Gasteiger partial charge on any atom is -0.279 e. The molecular formula is C13H9Br3FNO2S. The lowest BCUT2D eigenvalue weighted by Crippen LogP contribution is -2.14. The third-order valence-electron chi connectivity index (χ3n) is 2.69. The Labute approximate surface area is 147 Å². The van der Waals surface area contributed by atoms with E-state index in [0.29, 0.717) is 20.2 Å². The molecule has 0 unspecified atom stereocenters. The van der Waals surface area contributed by atoms with E-state index in [9.17, 15) is 12.8 Å². The molecule has 8 heteroatoms. The second kappa shape index (κ2) is 6.36. The van der Waals surface area contributed by atoms with Crippen molar-refractivity contribution in [3.63, 3.8) is 0 Å². The highest BCUT2D eigenvalue weighted by molar-refractivity contribution is 9.11. The van der Waals surface area contributed by atoms with Crippen LogP contribution in [0, 0.1) is 12.7 Å². The summed E-state index contributed by atoms with van der Waals surface area (Å²) in [4.78, 5) is 0.0942. The van der Waals surface area contributed by atoms with Gasteiger partial charge in [0, 0.05) is 8.95 Å². The molecular weight excluding hydrogens is 493 g/mol. The molecule has 2 aromatic rings. The van der Waals surface area contributed by atoms with Gasteiger partial charge in [0.1, 0.15) is 10.7 Å². The van der Waals surface area contributed by atoms with Gasteiger partial charge in [0.05, 0.1) is 10.2 Å². The number of halogens is 4. The fourth-order valence-electron chi connectivity index (χ4n) is 1.64. The van der Waals surface area contributed by atoms with Crippen molar-refractivity contribution in [3.05, 3.63) is 55.1 Å². The van der Waals surface area contributed by atoms with Gasteiger partial charge in [0.15, 0.2) is 0 Å². The Hall–Kier alpha value is -0.440. The number of benzene rings is 2. The monoisotopic (exact) mass is 499 g/mol. The van der Waals surface area contributed by atoms with Gasteiger partial charge >= 0.3 is 0 Å². The van der Waals surface area contributed by atoms with Crippen molar-refractivity contribution in [3.8, 4) is 0 Å². The lowest BCUT2D eigenvalue weighted by molar-refractivity contribution is 0.600. The van der Waals surface area contributed by atoms with Crippen molar-refractivity contribution in [2.24, 2.45) is 0 Å². The van der Waals surface area contributed by atoms with E-state index in [1.165, 1.54) is 18.2 Å². The molecule has 112 valence electrons. The minimum atomic E-state index is -3.79. The predicted octanol–water partition coefficient (Wildman–Crippen LogP) is 5.22. The average molecular weight is 502 g/mol. The first kappa shape index (κ1) is 16.9. The topological polar surface area (TPSA) is 46.2 Å². The van der Waals surface area contributed by atoms with E-state index in [4.69, 9.17) is 0 Å². The zero-order valence-electron chi connectivity index (χ0n) is 10.6. The van der Waals surface area contributed by atoms with Crippen molar-refractivity contribution in [1.82, 2.24) is 0 Å². The van der Waals surface area contributed by atoms with E-state index >= 15 is 0 Å². The van der Waals surface area contributed by atoms with Crippen molar-refractivity contribution >= 4 is 63.5 Å². The normalized spacial score (nSPS) is 11.5. The predicted molar refractivity (Wildman–Crippen MR) is 91.5 cm³/mol. The molecule has 0 radical (unpaired) electrons. The smallest absolute Gasteiger partial charge is 0.263 e. The maximum Gasteiger partial charge on any atom is 0.263 e. The van der Waals surface area contributed by atoms with Crippen LogP contribution in [0.4, 0.5) is 10.1 Å². The summed E-state index contributed by atoms with van der Waals surface area (Å²) in [7, 11) is -3.79. The van der Waals surface area contributed by atoms with Crippen molar-refractivity contribution in [1.29, 1.82) is 0 Å². The highest BCUT2D eigenvalue weighted by Gasteiger charge is 2.19. The average Bonchev–Trinajstić information content (AvgIpc) is 2.38. The molecule has 0 amide bonds. The second-order valence-electron chi connectivity index (χ2n) is 4.26. The van der Waals surface area contributed by atoms with Gasteiger partial charge in [-0.1, -0.05) is 15.9 Å². The van der Waals surface area contributed by atoms with Crippen LogP contribution in [0.15, 0.2) is 48.6 Å². The van der Waals surface area contributed by atoms with E-state index in [1.54, 1.807) is 19.1 Å².